The molecule has 7 heteroatoms. The maximum absolute atomic E-state index is 13.1. The number of phenols is 1. The topological polar surface area (TPSA) is 117 Å². The van der Waals surface area contributed by atoms with Crippen molar-refractivity contribution < 1.29 is 29.3 Å². The van der Waals surface area contributed by atoms with E-state index in [-0.39, 0.29) is 51.7 Å². The summed E-state index contributed by atoms with van der Waals surface area (Å²) in [5.41, 5.74) is -1.15. The van der Waals surface area contributed by atoms with E-state index in [4.69, 9.17) is 9.15 Å². The fraction of sp³-hybridized carbons (Fsp3) is 0.545. The first kappa shape index (κ1) is 21.3. The number of fused-ring (bicyclic) bond motifs is 3. The van der Waals surface area contributed by atoms with E-state index >= 15 is 0 Å². The van der Waals surface area contributed by atoms with Crippen LogP contribution in [0.5, 0.6) is 11.5 Å². The Labute approximate surface area is 168 Å². The maximum Gasteiger partial charge on any atom is 0.336 e. The molecule has 7 nitrogen and oxygen atoms in total. The van der Waals surface area contributed by atoms with Crippen molar-refractivity contribution in [1.82, 2.24) is 0 Å². The minimum Gasteiger partial charge on any atom is -0.506 e. The molecule has 0 radical (unpaired) electrons. The summed E-state index contributed by atoms with van der Waals surface area (Å²) in [6.07, 6.45) is -0.619. The van der Waals surface area contributed by atoms with Crippen molar-refractivity contribution in [2.45, 2.75) is 71.7 Å². The van der Waals surface area contributed by atoms with Crippen LogP contribution >= 0.6 is 0 Å². The van der Waals surface area contributed by atoms with Crippen LogP contribution in [0.3, 0.4) is 0 Å². The van der Waals surface area contributed by atoms with Crippen LogP contribution in [0.4, 0.5) is 0 Å². The minimum absolute atomic E-state index is 0.00648. The van der Waals surface area contributed by atoms with E-state index in [0.29, 0.717) is 18.4 Å². The van der Waals surface area contributed by atoms with E-state index in [1.165, 1.54) is 0 Å². The summed E-state index contributed by atoms with van der Waals surface area (Å²) in [5.74, 6) is -0.907. The van der Waals surface area contributed by atoms with Crippen LogP contribution in [-0.4, -0.2) is 32.8 Å². The summed E-state index contributed by atoms with van der Waals surface area (Å²) in [6.45, 7) is 8.54. The number of aliphatic hydroxyl groups is 2. The molecule has 1 aromatic carbocycles. The van der Waals surface area contributed by atoms with E-state index in [2.05, 4.69) is 0 Å². The number of carbonyl (C=O) groups is 1. The number of hydrogen-bond acceptors (Lipinski definition) is 7. The van der Waals surface area contributed by atoms with E-state index in [1.807, 2.05) is 6.92 Å². The maximum atomic E-state index is 13.1. The van der Waals surface area contributed by atoms with Crippen LogP contribution in [0.15, 0.2) is 15.3 Å². The van der Waals surface area contributed by atoms with Crippen LogP contribution < -0.4 is 10.4 Å². The van der Waals surface area contributed by atoms with Gasteiger partial charge in [0.1, 0.15) is 28.7 Å². The van der Waals surface area contributed by atoms with Gasteiger partial charge in [-0.1, -0.05) is 20.8 Å². The molecule has 0 saturated heterocycles. The molecule has 0 fully saturated rings. The van der Waals surface area contributed by atoms with Gasteiger partial charge in [-0.3, -0.25) is 4.79 Å². The average molecular weight is 404 g/mol. The molecule has 1 aromatic heterocycles. The Bertz CT molecular complexity index is 1010. The summed E-state index contributed by atoms with van der Waals surface area (Å²) in [7, 11) is 0. The van der Waals surface area contributed by atoms with Gasteiger partial charge in [-0.2, -0.15) is 0 Å². The van der Waals surface area contributed by atoms with Crippen LogP contribution in [0, 0.1) is 5.92 Å². The van der Waals surface area contributed by atoms with Crippen molar-refractivity contribution in [3.63, 3.8) is 0 Å². The second-order valence-corrected chi connectivity index (χ2v) is 8.32. The summed E-state index contributed by atoms with van der Waals surface area (Å²) in [5, 5.41) is 32.1. The van der Waals surface area contributed by atoms with Gasteiger partial charge in [-0.15, -0.1) is 0 Å². The quantitative estimate of drug-likeness (QED) is 0.500. The van der Waals surface area contributed by atoms with E-state index in [0.717, 1.165) is 6.07 Å². The number of aromatic hydroxyl groups is 1. The highest BCUT2D eigenvalue weighted by atomic mass is 16.5. The van der Waals surface area contributed by atoms with Crippen molar-refractivity contribution in [3.05, 3.63) is 33.2 Å². The number of aliphatic hydroxyl groups excluding tert-OH is 1. The number of Topliss-reactive ketones (excluding diaryl/α,β-unsaturated/α-hetero) is 1. The van der Waals surface area contributed by atoms with Crippen LogP contribution in [0.2, 0.25) is 0 Å². The lowest BCUT2D eigenvalue weighted by Crippen LogP contribution is -2.39. The molecule has 0 bridgehead atoms. The lowest BCUT2D eigenvalue weighted by atomic mass is 9.89. The van der Waals surface area contributed by atoms with Gasteiger partial charge in [0.25, 0.3) is 0 Å². The number of phenolic OH excluding ortho intramolecular Hbond substituents is 1. The molecule has 29 heavy (non-hydrogen) atoms. The molecule has 1 aliphatic heterocycles. The molecule has 0 amide bonds. The zero-order valence-electron chi connectivity index (χ0n) is 17.4. The Kier molecular flexibility index (Phi) is 5.49. The Morgan fingerprint density at radius 1 is 1.31 bits per heavy atom. The highest BCUT2D eigenvalue weighted by Crippen LogP contribution is 2.48. The largest absolute Gasteiger partial charge is 0.506 e. The standard InChI is InChI=1S/C22H28O7/c1-6-10(3)18(25)17-19(26)16-11(13(23)7-2)9-15(24)29-20(16)12-8-14(22(4,5)27)28-21(12)17/h9-10,13-14,23,26-27H,6-8H2,1-5H3/t10-,13?,14?/m0/s1. The third kappa shape index (κ3) is 3.53. The molecule has 0 spiro atoms. The SMILES string of the molecule is CCC(O)c1cc(=O)oc2c3c(c(C(=O)[C@@H](C)CC)c(O)c12)OC(C(C)(C)O)C3. The highest BCUT2D eigenvalue weighted by molar-refractivity contribution is 6.09. The molecule has 3 atom stereocenters. The second-order valence-electron chi connectivity index (χ2n) is 8.32. The Morgan fingerprint density at radius 2 is 1.97 bits per heavy atom. The van der Waals surface area contributed by atoms with Gasteiger partial charge in [0.2, 0.25) is 0 Å². The Hall–Kier alpha value is -2.38. The third-order valence-electron chi connectivity index (χ3n) is 5.73. The average Bonchev–Trinajstić information content (AvgIpc) is 3.11. The minimum atomic E-state index is -1.22. The van der Waals surface area contributed by atoms with Crippen LogP contribution in [0.1, 0.15) is 75.0 Å². The summed E-state index contributed by atoms with van der Waals surface area (Å²) in [4.78, 5) is 25.3. The number of carbonyl (C=O) groups excluding carboxylic acids is 1. The lowest BCUT2D eigenvalue weighted by molar-refractivity contribution is -0.0232. The number of hydrogen-bond donors (Lipinski definition) is 3. The fourth-order valence-corrected chi connectivity index (χ4v) is 3.68. The van der Waals surface area contributed by atoms with E-state index < -0.39 is 23.4 Å². The van der Waals surface area contributed by atoms with Gasteiger partial charge < -0.3 is 24.5 Å². The monoisotopic (exact) mass is 404 g/mol. The number of ether oxygens (including phenoxy) is 1. The molecule has 3 rings (SSSR count). The van der Waals surface area contributed by atoms with Crippen molar-refractivity contribution >= 4 is 16.8 Å². The molecule has 2 heterocycles. The first-order valence-electron chi connectivity index (χ1n) is 9.97. The molecule has 0 saturated carbocycles. The Morgan fingerprint density at radius 3 is 2.52 bits per heavy atom. The van der Waals surface area contributed by atoms with Crippen molar-refractivity contribution in [3.8, 4) is 11.5 Å². The predicted octanol–water partition coefficient (Wildman–Crippen LogP) is 3.25. The fourth-order valence-electron chi connectivity index (χ4n) is 3.68. The number of benzene rings is 1. The first-order valence-corrected chi connectivity index (χ1v) is 9.97. The summed E-state index contributed by atoms with van der Waals surface area (Å²) in [6, 6.07) is 1.14. The molecule has 3 N–H and O–H groups in total. The van der Waals surface area contributed by atoms with Crippen molar-refractivity contribution in [2.24, 2.45) is 5.92 Å². The van der Waals surface area contributed by atoms with Gasteiger partial charge >= 0.3 is 5.63 Å². The zero-order valence-corrected chi connectivity index (χ0v) is 17.4. The second kappa shape index (κ2) is 7.46. The molecule has 158 valence electrons. The lowest BCUT2D eigenvalue weighted by Gasteiger charge is -2.25. The first-order chi connectivity index (χ1) is 13.5. The number of rotatable bonds is 6. The van der Waals surface area contributed by atoms with Crippen molar-refractivity contribution in [2.75, 3.05) is 0 Å². The van der Waals surface area contributed by atoms with Gasteiger partial charge in [-0.05, 0) is 26.7 Å². The third-order valence-corrected chi connectivity index (χ3v) is 5.73. The van der Waals surface area contributed by atoms with Gasteiger partial charge in [0, 0.05) is 29.5 Å². The molecule has 1 aliphatic rings. The summed E-state index contributed by atoms with van der Waals surface area (Å²) >= 11 is 0. The van der Waals surface area contributed by atoms with Crippen LogP contribution in [-0.2, 0) is 6.42 Å². The number of ketones is 1. The molecule has 2 aromatic rings. The van der Waals surface area contributed by atoms with Crippen LogP contribution in [0.25, 0.3) is 11.0 Å². The molecular weight excluding hydrogens is 376 g/mol. The van der Waals surface area contributed by atoms with E-state index in [9.17, 15) is 24.9 Å². The Balaban J connectivity index is 2.42. The molecule has 0 aliphatic carbocycles. The predicted molar refractivity (Wildman–Crippen MR) is 108 cm³/mol. The molecular formula is C22H28O7. The van der Waals surface area contributed by atoms with E-state index in [1.54, 1.807) is 27.7 Å². The zero-order chi connectivity index (χ0) is 21.7. The van der Waals surface area contributed by atoms with Gasteiger partial charge in [0.15, 0.2) is 5.78 Å². The smallest absolute Gasteiger partial charge is 0.336 e. The van der Waals surface area contributed by atoms with Gasteiger partial charge in [0.05, 0.1) is 17.1 Å². The normalized spacial score (nSPS) is 18.4. The highest BCUT2D eigenvalue weighted by Gasteiger charge is 2.41. The van der Waals surface area contributed by atoms with Gasteiger partial charge in [-0.25, -0.2) is 4.79 Å². The summed E-state index contributed by atoms with van der Waals surface area (Å²) < 4.78 is 11.3. The van der Waals surface area contributed by atoms with Crippen molar-refractivity contribution in [1.29, 1.82) is 0 Å². The molecule has 2 unspecified atom stereocenters.